The van der Waals surface area contributed by atoms with E-state index in [-0.39, 0.29) is 10.9 Å². The third-order valence-electron chi connectivity index (χ3n) is 6.98. The Bertz CT molecular complexity index is 1360. The van der Waals surface area contributed by atoms with E-state index in [0.29, 0.717) is 17.4 Å². The summed E-state index contributed by atoms with van der Waals surface area (Å²) in [6.45, 7) is 1.96. The highest BCUT2D eigenvalue weighted by atomic mass is 32.2. The Morgan fingerprint density at radius 3 is 2.23 bits per heavy atom. The van der Waals surface area contributed by atoms with Crippen molar-refractivity contribution in [2.24, 2.45) is 4.99 Å². The van der Waals surface area contributed by atoms with Crippen molar-refractivity contribution in [2.75, 3.05) is 18.9 Å². The van der Waals surface area contributed by atoms with Gasteiger partial charge in [-0.2, -0.15) is 0 Å². The molecule has 1 N–H and O–H groups in total. The number of nitrogens with zero attached hydrogens (tertiary/aromatic N) is 1. The summed E-state index contributed by atoms with van der Waals surface area (Å²) in [5.41, 5.74) is 5.63. The minimum Gasteiger partial charge on any atom is -0.493 e. The number of benzene rings is 3. The van der Waals surface area contributed by atoms with E-state index in [9.17, 15) is 8.42 Å². The molecule has 6 nitrogen and oxygen atoms in total. The van der Waals surface area contributed by atoms with Gasteiger partial charge in [0.05, 0.1) is 30.9 Å². The quantitative estimate of drug-likeness (QED) is 0.482. The second-order valence-corrected chi connectivity index (χ2v) is 10.9. The van der Waals surface area contributed by atoms with E-state index in [1.165, 1.54) is 18.4 Å². The predicted molar refractivity (Wildman–Crippen MR) is 139 cm³/mol. The lowest BCUT2D eigenvalue weighted by Gasteiger charge is -2.35. The average Bonchev–Trinajstić information content (AvgIpc) is 2.88. The molecule has 0 aromatic heterocycles. The first-order valence-electron chi connectivity index (χ1n) is 11.9. The van der Waals surface area contributed by atoms with E-state index < -0.39 is 10.0 Å². The lowest BCUT2D eigenvalue weighted by Crippen LogP contribution is -2.29. The molecule has 1 aliphatic carbocycles. The van der Waals surface area contributed by atoms with Crippen LogP contribution in [0.1, 0.15) is 53.9 Å². The molecule has 1 heterocycles. The Kier molecular flexibility index (Phi) is 6.28. The molecular formula is C28H30N2O4S. The van der Waals surface area contributed by atoms with E-state index in [0.717, 1.165) is 41.0 Å². The molecule has 0 unspecified atom stereocenters. The molecule has 2 atom stereocenters. The van der Waals surface area contributed by atoms with Crippen molar-refractivity contribution in [3.05, 3.63) is 82.9 Å². The van der Waals surface area contributed by atoms with E-state index in [1.54, 1.807) is 38.5 Å². The van der Waals surface area contributed by atoms with Gasteiger partial charge in [-0.05, 0) is 61.7 Å². The van der Waals surface area contributed by atoms with Gasteiger partial charge in [-0.3, -0.25) is 9.71 Å². The average molecular weight is 491 g/mol. The molecule has 7 heteroatoms. The van der Waals surface area contributed by atoms with Crippen LogP contribution in [-0.4, -0.2) is 34.4 Å². The molecule has 35 heavy (non-hydrogen) atoms. The highest BCUT2D eigenvalue weighted by molar-refractivity contribution is 7.92. The fourth-order valence-electron chi connectivity index (χ4n) is 5.13. The van der Waals surface area contributed by atoms with Crippen LogP contribution >= 0.6 is 0 Å². The number of hydrogen-bond donors (Lipinski definition) is 1. The molecule has 1 fully saturated rings. The zero-order valence-corrected chi connectivity index (χ0v) is 21.1. The SMILES string of the molecule is COc1cc2c(cc1OC)[C@H]1CCCC[C@H]1N=C2c1ccc(S(=O)(=O)Nc2ccc(C)cc2)cc1. The molecule has 0 bridgehead atoms. The fraction of sp³-hybridized carbons (Fsp3) is 0.321. The Morgan fingerprint density at radius 1 is 0.886 bits per heavy atom. The number of aryl methyl sites for hydroxylation is 1. The van der Waals surface area contributed by atoms with Gasteiger partial charge >= 0.3 is 0 Å². The molecule has 0 saturated heterocycles. The monoisotopic (exact) mass is 490 g/mol. The topological polar surface area (TPSA) is 77.0 Å². The van der Waals surface area contributed by atoms with Crippen molar-refractivity contribution in [1.29, 1.82) is 0 Å². The number of fused-ring (bicyclic) bond motifs is 3. The van der Waals surface area contributed by atoms with Crippen molar-refractivity contribution in [3.63, 3.8) is 0 Å². The molecule has 0 spiro atoms. The predicted octanol–water partition coefficient (Wildman–Crippen LogP) is 5.69. The van der Waals surface area contributed by atoms with E-state index in [2.05, 4.69) is 10.8 Å². The second kappa shape index (κ2) is 9.38. The van der Waals surface area contributed by atoms with Crippen LogP contribution in [0.25, 0.3) is 0 Å². The highest BCUT2D eigenvalue weighted by Crippen LogP contribution is 2.44. The first-order chi connectivity index (χ1) is 16.9. The summed E-state index contributed by atoms with van der Waals surface area (Å²) in [6, 6.07) is 18.5. The van der Waals surface area contributed by atoms with Gasteiger partial charge in [0, 0.05) is 22.7 Å². The lowest BCUT2D eigenvalue weighted by molar-refractivity contribution is 0.349. The summed E-state index contributed by atoms with van der Waals surface area (Å²) in [7, 11) is -0.409. The largest absolute Gasteiger partial charge is 0.493 e. The van der Waals surface area contributed by atoms with E-state index >= 15 is 0 Å². The first-order valence-corrected chi connectivity index (χ1v) is 13.4. The number of nitrogens with one attached hydrogen (secondary N) is 1. The first kappa shape index (κ1) is 23.4. The number of aliphatic imine (C=N–C) groups is 1. The van der Waals surface area contributed by atoms with Gasteiger partial charge in [0.1, 0.15) is 0 Å². The van der Waals surface area contributed by atoms with Crippen LogP contribution in [0.3, 0.4) is 0 Å². The summed E-state index contributed by atoms with van der Waals surface area (Å²) >= 11 is 0. The summed E-state index contributed by atoms with van der Waals surface area (Å²) < 4.78 is 39.7. The Morgan fingerprint density at radius 2 is 1.54 bits per heavy atom. The molecule has 1 saturated carbocycles. The molecule has 3 aromatic rings. The van der Waals surface area contributed by atoms with Gasteiger partial charge in [0.2, 0.25) is 0 Å². The maximum atomic E-state index is 12.9. The summed E-state index contributed by atoms with van der Waals surface area (Å²) in [6.07, 6.45) is 4.52. The van der Waals surface area contributed by atoms with Crippen molar-refractivity contribution >= 4 is 21.4 Å². The van der Waals surface area contributed by atoms with Crippen LogP contribution in [0.5, 0.6) is 11.5 Å². The Hall–Kier alpha value is -3.32. The molecule has 182 valence electrons. The number of rotatable bonds is 6. The van der Waals surface area contributed by atoms with Crippen LogP contribution in [-0.2, 0) is 10.0 Å². The van der Waals surface area contributed by atoms with Gasteiger partial charge in [-0.25, -0.2) is 8.42 Å². The molecule has 1 aliphatic heterocycles. The summed E-state index contributed by atoms with van der Waals surface area (Å²) in [4.78, 5) is 5.38. The fourth-order valence-corrected chi connectivity index (χ4v) is 6.19. The minimum absolute atomic E-state index is 0.210. The van der Waals surface area contributed by atoms with Gasteiger partial charge in [-0.1, -0.05) is 42.7 Å². The molecule has 3 aromatic carbocycles. The van der Waals surface area contributed by atoms with Crippen LogP contribution < -0.4 is 14.2 Å². The normalized spacial score (nSPS) is 19.2. The molecule has 0 radical (unpaired) electrons. The number of methoxy groups -OCH3 is 2. The summed E-state index contributed by atoms with van der Waals surface area (Å²) in [5, 5.41) is 0. The van der Waals surface area contributed by atoms with Crippen molar-refractivity contribution in [3.8, 4) is 11.5 Å². The Balaban J connectivity index is 1.51. The zero-order valence-electron chi connectivity index (χ0n) is 20.2. The second-order valence-electron chi connectivity index (χ2n) is 9.23. The van der Waals surface area contributed by atoms with E-state index in [4.69, 9.17) is 14.5 Å². The van der Waals surface area contributed by atoms with Gasteiger partial charge < -0.3 is 9.47 Å². The van der Waals surface area contributed by atoms with Crippen LogP contribution in [0.4, 0.5) is 5.69 Å². The summed E-state index contributed by atoms with van der Waals surface area (Å²) in [5.74, 6) is 1.75. The van der Waals surface area contributed by atoms with Crippen LogP contribution in [0.15, 0.2) is 70.6 Å². The van der Waals surface area contributed by atoms with Crippen LogP contribution in [0.2, 0.25) is 0 Å². The van der Waals surface area contributed by atoms with Crippen LogP contribution in [0, 0.1) is 6.92 Å². The highest BCUT2D eigenvalue weighted by Gasteiger charge is 2.34. The third kappa shape index (κ3) is 4.52. The molecule has 2 aliphatic rings. The van der Waals surface area contributed by atoms with Crippen molar-refractivity contribution in [2.45, 2.75) is 49.5 Å². The standard InChI is InChI=1S/C28H30N2O4S/c1-18-8-12-20(13-9-18)30-35(31,32)21-14-10-19(11-15-21)28-24-17-27(34-3)26(33-2)16-23(24)22-6-4-5-7-25(22)29-28/h8-17,22,25,30H,4-7H2,1-3H3/t22-,25-/m1/s1. The third-order valence-corrected chi connectivity index (χ3v) is 8.37. The number of ether oxygens (including phenoxy) is 2. The number of hydrogen-bond acceptors (Lipinski definition) is 5. The maximum Gasteiger partial charge on any atom is 0.261 e. The molecule has 0 amide bonds. The molecular weight excluding hydrogens is 460 g/mol. The maximum absolute atomic E-state index is 12.9. The smallest absolute Gasteiger partial charge is 0.261 e. The van der Waals surface area contributed by atoms with Crippen molar-refractivity contribution < 1.29 is 17.9 Å². The number of sulfonamides is 1. The van der Waals surface area contributed by atoms with Crippen molar-refractivity contribution in [1.82, 2.24) is 0 Å². The minimum atomic E-state index is -3.70. The zero-order chi connectivity index (χ0) is 24.6. The lowest BCUT2D eigenvalue weighted by atomic mass is 9.75. The van der Waals surface area contributed by atoms with Gasteiger partial charge in [-0.15, -0.1) is 0 Å². The van der Waals surface area contributed by atoms with Gasteiger partial charge in [0.25, 0.3) is 10.0 Å². The Labute approximate surface area is 207 Å². The number of anilines is 1. The molecule has 5 rings (SSSR count). The van der Waals surface area contributed by atoms with E-state index in [1.807, 2.05) is 37.3 Å². The van der Waals surface area contributed by atoms with Gasteiger partial charge in [0.15, 0.2) is 11.5 Å².